The lowest BCUT2D eigenvalue weighted by Crippen LogP contribution is -2.61. The summed E-state index contributed by atoms with van der Waals surface area (Å²) in [5.74, 6) is -5.88. The highest BCUT2D eigenvalue weighted by Crippen LogP contribution is 2.44. The van der Waals surface area contributed by atoms with Crippen LogP contribution in [-0.4, -0.2) is 146 Å². The Balaban J connectivity index is 1.70. The van der Waals surface area contributed by atoms with Crippen molar-refractivity contribution in [3.63, 3.8) is 0 Å². The minimum Gasteiger partial charge on any atom is -0.455 e. The fraction of sp³-hybridized carbons (Fsp3) is 0.857. The lowest BCUT2D eigenvalue weighted by atomic mass is 9.73. The van der Waals surface area contributed by atoms with Crippen molar-refractivity contribution < 1.29 is 57.5 Å². The van der Waals surface area contributed by atoms with Crippen molar-refractivity contribution in [2.45, 2.75) is 186 Å². The molecule has 3 fully saturated rings. The van der Waals surface area contributed by atoms with Gasteiger partial charge in [0.25, 0.3) is 5.67 Å². The Morgan fingerprint density at radius 2 is 1.64 bits per heavy atom. The molecule has 4 heterocycles. The van der Waals surface area contributed by atoms with Gasteiger partial charge in [-0.3, -0.25) is 14.3 Å². The van der Waals surface area contributed by atoms with Crippen LogP contribution in [0, 0.1) is 17.8 Å². The fourth-order valence-electron chi connectivity index (χ4n) is 9.50. The number of aliphatic hydroxyl groups excluding tert-OH is 1. The number of ether oxygens (including phenoxy) is 5. The molecule has 0 spiro atoms. The highest BCUT2D eigenvalue weighted by atomic mass is 19.1. The number of ketones is 2. The first kappa shape index (κ1) is 48.6. The Hall–Kier alpha value is -3.09. The van der Waals surface area contributed by atoms with E-state index in [0.29, 0.717) is 44.3 Å². The summed E-state index contributed by atoms with van der Waals surface area (Å²) in [5, 5.41) is 30.6. The zero-order valence-electron chi connectivity index (χ0n) is 37.4. The van der Waals surface area contributed by atoms with Crippen LogP contribution in [0.15, 0.2) is 6.20 Å². The van der Waals surface area contributed by atoms with Crippen LogP contribution in [0.4, 0.5) is 9.18 Å². The lowest BCUT2D eigenvalue weighted by molar-refractivity contribution is -0.295. The van der Waals surface area contributed by atoms with Crippen LogP contribution < -0.4 is 0 Å². The third-order valence-electron chi connectivity index (χ3n) is 13.4. The van der Waals surface area contributed by atoms with Crippen molar-refractivity contribution in [1.82, 2.24) is 24.8 Å². The highest BCUT2D eigenvalue weighted by molar-refractivity contribution is 6.08. The second-order valence-electron chi connectivity index (χ2n) is 17.9. The van der Waals surface area contributed by atoms with E-state index < -0.39 is 88.7 Å². The van der Waals surface area contributed by atoms with E-state index in [2.05, 4.69) is 10.3 Å². The average molecular weight is 840 g/mol. The quantitative estimate of drug-likeness (QED) is 0.162. The first-order valence-corrected chi connectivity index (χ1v) is 21.3. The smallest absolute Gasteiger partial charge is 0.410 e. The van der Waals surface area contributed by atoms with Gasteiger partial charge in [0.1, 0.15) is 29.3 Å². The number of amides is 1. The number of halogens is 1. The van der Waals surface area contributed by atoms with Gasteiger partial charge in [-0.2, -0.15) is 0 Å². The summed E-state index contributed by atoms with van der Waals surface area (Å²) in [6.45, 7) is 16.8. The molecule has 59 heavy (non-hydrogen) atoms. The summed E-state index contributed by atoms with van der Waals surface area (Å²) in [4.78, 5) is 60.0. The summed E-state index contributed by atoms with van der Waals surface area (Å²) in [6, 6.07) is -1.32. The molecule has 4 rings (SSSR count). The van der Waals surface area contributed by atoms with Crippen molar-refractivity contribution in [3.05, 3.63) is 11.9 Å². The summed E-state index contributed by atoms with van der Waals surface area (Å²) in [6.07, 6.45) is -1.78. The number of methoxy groups -OCH3 is 1. The van der Waals surface area contributed by atoms with Gasteiger partial charge in [-0.1, -0.05) is 46.8 Å². The molecule has 13 atom stereocenters. The van der Waals surface area contributed by atoms with Gasteiger partial charge < -0.3 is 43.7 Å². The summed E-state index contributed by atoms with van der Waals surface area (Å²) in [5.41, 5.74) is -6.86. The number of Topliss-reactive ketones (excluding diaryl/α,β-unsaturated/α-hetero) is 2. The standard InChI is InChI=1S/C42H70FN5O11/c1-14-30-41(10)33(48(38(53)59-41)20-18-17-19-47-23-29(44-45-47)42(54,15-2)16-3)26(6)31(49)24(4)22-39(8,55-13)35(27(7)34(51)40(9,43)37(52)57-30)58-36-32(50)28(46(11)12)21-25(5)56-36/h23-28,30,32-33,35-36,50,54H,14-22H2,1-13H3/t24-,25-,26+,27+,28+,30-,32-,33-,35-,36+,39-,40+,41-/m1/s1. The van der Waals surface area contributed by atoms with Gasteiger partial charge in [-0.15, -0.1) is 5.10 Å². The molecule has 0 aliphatic carbocycles. The van der Waals surface area contributed by atoms with Crippen molar-refractivity contribution in [3.8, 4) is 0 Å². The fourth-order valence-corrected chi connectivity index (χ4v) is 9.50. The number of alkyl halides is 1. The molecule has 3 saturated heterocycles. The molecule has 2 N–H and O–H groups in total. The molecular formula is C42H70FN5O11. The van der Waals surface area contributed by atoms with Crippen molar-refractivity contribution in [2.75, 3.05) is 27.7 Å². The zero-order valence-corrected chi connectivity index (χ0v) is 37.4. The van der Waals surface area contributed by atoms with Gasteiger partial charge in [0.05, 0.1) is 30.0 Å². The Labute approximate surface area is 348 Å². The Bertz CT molecular complexity index is 1640. The van der Waals surface area contributed by atoms with E-state index in [-0.39, 0.29) is 37.3 Å². The predicted octanol–water partition coefficient (Wildman–Crippen LogP) is 4.36. The second kappa shape index (κ2) is 18.9. The van der Waals surface area contributed by atoms with Crippen molar-refractivity contribution >= 4 is 23.6 Å². The number of likely N-dealkylation sites (N-methyl/N-ethyl adjacent to an activating group) is 1. The number of nitrogens with zero attached hydrogens (tertiary/aromatic N) is 5. The van der Waals surface area contributed by atoms with E-state index in [1.54, 1.807) is 45.5 Å². The van der Waals surface area contributed by atoms with Crippen LogP contribution in [0.2, 0.25) is 0 Å². The van der Waals surface area contributed by atoms with E-state index in [0.717, 1.165) is 6.92 Å². The average Bonchev–Trinajstić information content (AvgIpc) is 3.78. The molecule has 3 aliphatic heterocycles. The van der Waals surface area contributed by atoms with Crippen molar-refractivity contribution in [2.24, 2.45) is 17.8 Å². The molecule has 1 amide bonds. The van der Waals surface area contributed by atoms with Crippen LogP contribution in [0.1, 0.15) is 120 Å². The van der Waals surface area contributed by atoms with Gasteiger partial charge >= 0.3 is 12.1 Å². The number of fused-ring (bicyclic) bond motifs is 1. The molecule has 0 radical (unpaired) electrons. The van der Waals surface area contributed by atoms with Crippen LogP contribution in [-0.2, 0) is 50.2 Å². The number of carbonyl (C=O) groups excluding carboxylic acids is 4. The number of cyclic esters (lactones) is 1. The lowest BCUT2D eigenvalue weighted by Gasteiger charge is -2.47. The van der Waals surface area contributed by atoms with Crippen LogP contribution in [0.3, 0.4) is 0 Å². The van der Waals surface area contributed by atoms with E-state index in [9.17, 15) is 29.4 Å². The monoisotopic (exact) mass is 840 g/mol. The van der Waals surface area contributed by atoms with Gasteiger partial charge in [0.2, 0.25) is 0 Å². The molecule has 0 aromatic carbocycles. The minimum atomic E-state index is -3.19. The number of aryl methyl sites for hydroxylation is 1. The maximum Gasteiger partial charge on any atom is 0.410 e. The molecule has 16 nitrogen and oxygen atoms in total. The third-order valence-corrected chi connectivity index (χ3v) is 13.4. The number of carbonyl (C=O) groups is 4. The number of esters is 1. The summed E-state index contributed by atoms with van der Waals surface area (Å²) < 4.78 is 49.0. The maximum atomic E-state index is 16.9. The van der Waals surface area contributed by atoms with E-state index in [1.165, 1.54) is 18.9 Å². The van der Waals surface area contributed by atoms with E-state index >= 15 is 4.39 Å². The summed E-state index contributed by atoms with van der Waals surface area (Å²) in [7, 11) is 5.03. The maximum absolute atomic E-state index is 16.9. The van der Waals surface area contributed by atoms with Gasteiger partial charge in [-0.05, 0) is 86.7 Å². The number of hydrogen-bond donors (Lipinski definition) is 2. The van der Waals surface area contributed by atoms with Gasteiger partial charge in [0.15, 0.2) is 17.7 Å². The molecule has 1 aromatic heterocycles. The third kappa shape index (κ3) is 9.70. The predicted molar refractivity (Wildman–Crippen MR) is 214 cm³/mol. The minimum absolute atomic E-state index is 0.0155. The number of hydrogen-bond acceptors (Lipinski definition) is 14. The van der Waals surface area contributed by atoms with Crippen LogP contribution >= 0.6 is 0 Å². The van der Waals surface area contributed by atoms with Gasteiger partial charge in [0, 0.05) is 44.0 Å². The molecule has 0 saturated carbocycles. The van der Waals surface area contributed by atoms with Gasteiger partial charge in [-0.25, -0.2) is 14.0 Å². The topological polar surface area (TPSA) is 192 Å². The largest absolute Gasteiger partial charge is 0.455 e. The van der Waals surface area contributed by atoms with E-state index in [4.69, 9.17) is 23.7 Å². The highest BCUT2D eigenvalue weighted by Gasteiger charge is 2.61. The number of aliphatic hydroxyl groups is 2. The Morgan fingerprint density at radius 3 is 2.22 bits per heavy atom. The molecule has 3 aliphatic rings. The van der Waals surface area contributed by atoms with Crippen molar-refractivity contribution in [1.29, 1.82) is 0 Å². The SMILES string of the molecule is CC[C@H]1OC(=O)[C@@](C)(F)C(=O)[C@H](C)[C@@H](O[C@@H]2O[C@H](C)C[C@H](N(C)C)[C@H]2O)[C@](C)(OC)C[C@@H](C)C(=O)[C@H](C)[C@H]2N(CCCCn3cc(C(O)(CC)CC)nn3)C(=O)O[C@]12C. The molecule has 1 aromatic rings. The molecule has 17 heteroatoms. The molecule has 0 bridgehead atoms. The molecular weight excluding hydrogens is 769 g/mol. The zero-order chi connectivity index (χ0) is 44.4. The Kier molecular flexibility index (Phi) is 15.6. The van der Waals surface area contributed by atoms with Crippen LogP contribution in [0.25, 0.3) is 0 Å². The second-order valence-corrected chi connectivity index (χ2v) is 17.9. The van der Waals surface area contributed by atoms with E-state index in [1.807, 2.05) is 39.8 Å². The molecule has 336 valence electrons. The number of aromatic nitrogens is 3. The number of unbranched alkanes of at least 4 members (excludes halogenated alkanes) is 1. The van der Waals surface area contributed by atoms with Crippen LogP contribution in [0.5, 0.6) is 0 Å². The normalized spacial score (nSPS) is 37.9. The Morgan fingerprint density at radius 1 is 1.02 bits per heavy atom. The first-order valence-electron chi connectivity index (χ1n) is 21.3. The summed E-state index contributed by atoms with van der Waals surface area (Å²) >= 11 is 0. The first-order chi connectivity index (χ1) is 27.5. The molecule has 0 unspecified atom stereocenters. The number of rotatable bonds is 13.